The Kier molecular flexibility index (Phi) is 5.40. The molecule has 92 valence electrons. The van der Waals surface area contributed by atoms with Crippen LogP contribution < -0.4 is 0 Å². The lowest BCUT2D eigenvalue weighted by molar-refractivity contribution is 0.338. The third-order valence-corrected chi connectivity index (χ3v) is 3.84. The van der Waals surface area contributed by atoms with E-state index < -0.39 is 10.1 Å². The van der Waals surface area contributed by atoms with Gasteiger partial charge in [-0.25, -0.2) is 0 Å². The predicted molar refractivity (Wildman–Crippen MR) is 66.6 cm³/mol. The molecule has 0 unspecified atom stereocenters. The van der Waals surface area contributed by atoms with Gasteiger partial charge in [0.2, 0.25) is 0 Å². The van der Waals surface area contributed by atoms with Crippen LogP contribution >= 0.6 is 11.3 Å². The van der Waals surface area contributed by atoms with Crippen molar-refractivity contribution in [3.8, 4) is 0 Å². The first-order valence-corrected chi connectivity index (χ1v) is 7.67. The Morgan fingerprint density at radius 2 is 2.19 bits per heavy atom. The largest absolute Gasteiger partial charge is 0.306 e. The first kappa shape index (κ1) is 13.6. The van der Waals surface area contributed by atoms with Crippen molar-refractivity contribution in [2.75, 3.05) is 25.9 Å². The van der Waals surface area contributed by atoms with Gasteiger partial charge < -0.3 is 4.90 Å². The molecule has 0 radical (unpaired) electrons. The van der Waals surface area contributed by atoms with Crippen molar-refractivity contribution in [3.63, 3.8) is 0 Å². The van der Waals surface area contributed by atoms with E-state index in [2.05, 4.69) is 16.3 Å². The summed E-state index contributed by atoms with van der Waals surface area (Å²) in [4.78, 5) is 2.07. The van der Waals surface area contributed by atoms with E-state index in [-0.39, 0.29) is 5.75 Å². The Labute approximate surface area is 101 Å². The minimum Gasteiger partial charge on any atom is -0.306 e. The molecule has 0 bridgehead atoms. The van der Waals surface area contributed by atoms with Gasteiger partial charge in [0.15, 0.2) is 0 Å². The molecule has 1 aromatic heterocycles. The van der Waals surface area contributed by atoms with Crippen LogP contribution in [0, 0.1) is 0 Å². The highest BCUT2D eigenvalue weighted by molar-refractivity contribution is 7.85. The van der Waals surface area contributed by atoms with Gasteiger partial charge in [0.1, 0.15) is 0 Å². The van der Waals surface area contributed by atoms with Gasteiger partial charge in [0, 0.05) is 6.54 Å². The Morgan fingerprint density at radius 3 is 2.75 bits per heavy atom. The zero-order valence-electron chi connectivity index (χ0n) is 9.30. The average molecular weight is 263 g/mol. The van der Waals surface area contributed by atoms with E-state index in [4.69, 9.17) is 4.55 Å². The molecule has 16 heavy (non-hydrogen) atoms. The first-order chi connectivity index (χ1) is 7.47. The summed E-state index contributed by atoms with van der Waals surface area (Å²) in [5.41, 5.74) is 1.31. The van der Waals surface area contributed by atoms with Gasteiger partial charge in [-0.1, -0.05) is 0 Å². The van der Waals surface area contributed by atoms with Crippen molar-refractivity contribution >= 4 is 21.5 Å². The quantitative estimate of drug-likeness (QED) is 0.757. The Morgan fingerprint density at radius 1 is 1.44 bits per heavy atom. The van der Waals surface area contributed by atoms with Gasteiger partial charge in [-0.05, 0) is 48.8 Å². The third-order valence-electron chi connectivity index (χ3n) is 2.30. The van der Waals surface area contributed by atoms with Gasteiger partial charge in [-0.3, -0.25) is 4.55 Å². The van der Waals surface area contributed by atoms with E-state index in [0.29, 0.717) is 13.0 Å². The summed E-state index contributed by atoms with van der Waals surface area (Å²) in [6.07, 6.45) is 1.45. The summed E-state index contributed by atoms with van der Waals surface area (Å²) in [5.74, 6) is -0.157. The summed E-state index contributed by atoms with van der Waals surface area (Å²) in [7, 11) is -1.85. The molecule has 0 aliphatic rings. The summed E-state index contributed by atoms with van der Waals surface area (Å²) >= 11 is 1.68. The Hall–Kier alpha value is -0.430. The summed E-state index contributed by atoms with van der Waals surface area (Å²) in [6.45, 7) is 1.59. The SMILES string of the molecule is CN(CCCS(=O)(=O)O)CCc1ccsc1. The normalized spacial score (nSPS) is 12.2. The number of nitrogens with zero attached hydrogens (tertiary/aromatic N) is 1. The van der Waals surface area contributed by atoms with Crippen LogP contribution in [-0.2, 0) is 16.5 Å². The van der Waals surface area contributed by atoms with Crippen molar-refractivity contribution in [2.24, 2.45) is 0 Å². The molecule has 0 saturated carbocycles. The number of thiophene rings is 1. The highest BCUT2D eigenvalue weighted by atomic mass is 32.2. The molecule has 0 amide bonds. The second kappa shape index (κ2) is 6.34. The second-order valence-corrected chi connectivity index (χ2v) is 6.18. The minimum absolute atomic E-state index is 0.157. The lowest BCUT2D eigenvalue weighted by atomic mass is 10.2. The van der Waals surface area contributed by atoms with Crippen molar-refractivity contribution in [3.05, 3.63) is 22.4 Å². The topological polar surface area (TPSA) is 57.6 Å². The molecule has 0 spiro atoms. The summed E-state index contributed by atoms with van der Waals surface area (Å²) < 4.78 is 29.6. The molecule has 0 aromatic carbocycles. The molecule has 1 N–H and O–H groups in total. The molecule has 0 aliphatic heterocycles. The van der Waals surface area contributed by atoms with E-state index in [1.807, 2.05) is 12.4 Å². The van der Waals surface area contributed by atoms with E-state index >= 15 is 0 Å². The molecule has 4 nitrogen and oxygen atoms in total. The number of hydrogen-bond donors (Lipinski definition) is 1. The van der Waals surface area contributed by atoms with Crippen molar-refractivity contribution in [1.29, 1.82) is 0 Å². The molecule has 0 saturated heterocycles. The molecule has 1 heterocycles. The summed E-state index contributed by atoms with van der Waals surface area (Å²) in [6, 6.07) is 2.09. The van der Waals surface area contributed by atoms with Crippen molar-refractivity contribution in [2.45, 2.75) is 12.8 Å². The maximum absolute atomic E-state index is 10.5. The van der Waals surface area contributed by atoms with Gasteiger partial charge in [-0.2, -0.15) is 19.8 Å². The van der Waals surface area contributed by atoms with E-state index in [0.717, 1.165) is 13.0 Å². The summed E-state index contributed by atoms with van der Waals surface area (Å²) in [5, 5.41) is 4.17. The van der Waals surface area contributed by atoms with Crippen LogP contribution in [0.25, 0.3) is 0 Å². The fraction of sp³-hybridized carbons (Fsp3) is 0.600. The third kappa shape index (κ3) is 6.22. The number of likely N-dealkylation sites (N-methyl/N-ethyl adjacent to an activating group) is 1. The van der Waals surface area contributed by atoms with E-state index in [1.54, 1.807) is 11.3 Å². The Bertz CT molecular complexity index is 386. The van der Waals surface area contributed by atoms with Crippen LogP contribution in [0.4, 0.5) is 0 Å². The van der Waals surface area contributed by atoms with Crippen LogP contribution in [0.5, 0.6) is 0 Å². The maximum atomic E-state index is 10.5. The van der Waals surface area contributed by atoms with Gasteiger partial charge in [0.05, 0.1) is 5.75 Å². The molecule has 0 aliphatic carbocycles. The van der Waals surface area contributed by atoms with Crippen LogP contribution in [0.15, 0.2) is 16.8 Å². The van der Waals surface area contributed by atoms with Gasteiger partial charge >= 0.3 is 0 Å². The van der Waals surface area contributed by atoms with Crippen LogP contribution in [0.1, 0.15) is 12.0 Å². The standard InChI is InChI=1S/C10H17NO3S2/c1-11(5-2-8-16(12,13)14)6-3-10-4-7-15-9-10/h4,7,9H,2-3,5-6,8H2,1H3,(H,12,13,14). The zero-order chi connectivity index (χ0) is 12.0. The highest BCUT2D eigenvalue weighted by Crippen LogP contribution is 2.07. The monoisotopic (exact) mass is 263 g/mol. The van der Waals surface area contributed by atoms with Crippen molar-refractivity contribution in [1.82, 2.24) is 4.90 Å². The van der Waals surface area contributed by atoms with Crippen LogP contribution in [-0.4, -0.2) is 43.8 Å². The maximum Gasteiger partial charge on any atom is 0.264 e. The lowest BCUT2D eigenvalue weighted by Crippen LogP contribution is -2.24. The average Bonchev–Trinajstić information content (AvgIpc) is 2.65. The van der Waals surface area contributed by atoms with E-state index in [1.165, 1.54) is 5.56 Å². The molecule has 1 rings (SSSR count). The zero-order valence-corrected chi connectivity index (χ0v) is 10.9. The fourth-order valence-corrected chi connectivity index (χ4v) is 2.58. The van der Waals surface area contributed by atoms with Crippen LogP contribution in [0.2, 0.25) is 0 Å². The number of rotatable bonds is 7. The second-order valence-electron chi connectivity index (χ2n) is 3.82. The highest BCUT2D eigenvalue weighted by Gasteiger charge is 2.05. The van der Waals surface area contributed by atoms with E-state index in [9.17, 15) is 8.42 Å². The van der Waals surface area contributed by atoms with Crippen LogP contribution in [0.3, 0.4) is 0 Å². The molecular formula is C10H17NO3S2. The molecule has 0 fully saturated rings. The molecule has 0 atom stereocenters. The minimum atomic E-state index is -3.80. The lowest BCUT2D eigenvalue weighted by Gasteiger charge is -2.15. The Balaban J connectivity index is 2.14. The smallest absolute Gasteiger partial charge is 0.264 e. The number of hydrogen-bond acceptors (Lipinski definition) is 4. The first-order valence-electron chi connectivity index (χ1n) is 5.12. The predicted octanol–water partition coefficient (Wildman–Crippen LogP) is 1.50. The van der Waals surface area contributed by atoms with Crippen molar-refractivity contribution < 1.29 is 13.0 Å². The molecular weight excluding hydrogens is 246 g/mol. The fourth-order valence-electron chi connectivity index (χ4n) is 1.38. The molecule has 6 heteroatoms. The van der Waals surface area contributed by atoms with Gasteiger partial charge in [-0.15, -0.1) is 0 Å². The van der Waals surface area contributed by atoms with Gasteiger partial charge in [0.25, 0.3) is 10.1 Å². The molecule has 1 aromatic rings.